The van der Waals surface area contributed by atoms with E-state index in [2.05, 4.69) is 13.8 Å². The number of hydrogen-bond acceptors (Lipinski definition) is 2. The topological polar surface area (TPSA) is 26.3 Å². The van der Waals surface area contributed by atoms with Gasteiger partial charge in [-0.1, -0.05) is 13.3 Å². The van der Waals surface area contributed by atoms with Gasteiger partial charge >= 0.3 is 0 Å². The van der Waals surface area contributed by atoms with Crippen LogP contribution in [0, 0.1) is 17.8 Å². The van der Waals surface area contributed by atoms with Crippen LogP contribution in [0.4, 0.5) is 0 Å². The van der Waals surface area contributed by atoms with E-state index in [1.165, 1.54) is 19.3 Å². The second-order valence-corrected chi connectivity index (χ2v) is 5.10. The van der Waals surface area contributed by atoms with Crippen LogP contribution in [-0.4, -0.2) is 18.5 Å². The van der Waals surface area contributed by atoms with Gasteiger partial charge in [0.25, 0.3) is 0 Å². The molecule has 2 heteroatoms. The molecule has 2 fully saturated rings. The van der Waals surface area contributed by atoms with Crippen molar-refractivity contribution in [2.45, 2.75) is 52.1 Å². The molecule has 4 atom stereocenters. The van der Waals surface area contributed by atoms with Gasteiger partial charge in [0.2, 0.25) is 0 Å². The van der Waals surface area contributed by atoms with Crippen LogP contribution >= 0.6 is 0 Å². The minimum Gasteiger partial charge on any atom is -0.378 e. The van der Waals surface area contributed by atoms with Crippen molar-refractivity contribution in [3.8, 4) is 0 Å². The Morgan fingerprint density at radius 3 is 2.87 bits per heavy atom. The van der Waals surface area contributed by atoms with Crippen molar-refractivity contribution in [2.75, 3.05) is 6.61 Å². The van der Waals surface area contributed by atoms with Crippen LogP contribution in [0.3, 0.4) is 0 Å². The highest BCUT2D eigenvalue weighted by Crippen LogP contribution is 2.42. The van der Waals surface area contributed by atoms with E-state index in [1.54, 1.807) is 0 Å². The Hall–Kier alpha value is -0.370. The Labute approximate surface area is 92.4 Å². The number of carbonyl (C=O) groups excluding carboxylic acids is 1. The molecule has 86 valence electrons. The van der Waals surface area contributed by atoms with Crippen molar-refractivity contribution in [3.63, 3.8) is 0 Å². The summed E-state index contributed by atoms with van der Waals surface area (Å²) in [6.45, 7) is 5.08. The zero-order valence-corrected chi connectivity index (χ0v) is 9.87. The molecular formula is C13H22O2. The Morgan fingerprint density at radius 1 is 1.33 bits per heavy atom. The molecule has 15 heavy (non-hydrogen) atoms. The summed E-state index contributed by atoms with van der Waals surface area (Å²) in [4.78, 5) is 11.9. The van der Waals surface area contributed by atoms with Gasteiger partial charge in [-0.3, -0.25) is 4.79 Å². The highest BCUT2D eigenvalue weighted by atomic mass is 16.5. The summed E-state index contributed by atoms with van der Waals surface area (Å²) in [5.41, 5.74) is 0. The van der Waals surface area contributed by atoms with E-state index in [0.29, 0.717) is 29.6 Å². The third-order valence-electron chi connectivity index (χ3n) is 4.18. The highest BCUT2D eigenvalue weighted by molar-refractivity contribution is 5.82. The number of carbonyl (C=O) groups is 1. The van der Waals surface area contributed by atoms with Gasteiger partial charge in [-0.25, -0.2) is 0 Å². The molecule has 0 amide bonds. The Kier molecular flexibility index (Phi) is 3.45. The van der Waals surface area contributed by atoms with Crippen molar-refractivity contribution in [3.05, 3.63) is 0 Å². The molecule has 0 aromatic heterocycles. The summed E-state index contributed by atoms with van der Waals surface area (Å²) in [5.74, 6) is 1.92. The normalized spacial score (nSPS) is 41.3. The Morgan fingerprint density at radius 2 is 2.13 bits per heavy atom. The van der Waals surface area contributed by atoms with Gasteiger partial charge in [0, 0.05) is 18.9 Å². The van der Waals surface area contributed by atoms with Gasteiger partial charge in [0.15, 0.2) is 0 Å². The van der Waals surface area contributed by atoms with Gasteiger partial charge in [-0.15, -0.1) is 0 Å². The zero-order chi connectivity index (χ0) is 10.8. The lowest BCUT2D eigenvalue weighted by atomic mass is 9.64. The van der Waals surface area contributed by atoms with Gasteiger partial charge in [-0.05, 0) is 38.0 Å². The van der Waals surface area contributed by atoms with Crippen molar-refractivity contribution >= 4 is 5.78 Å². The van der Waals surface area contributed by atoms with E-state index < -0.39 is 0 Å². The molecule has 3 unspecified atom stereocenters. The maximum absolute atomic E-state index is 11.9. The number of ketones is 1. The molecule has 2 aliphatic carbocycles. The fourth-order valence-corrected chi connectivity index (χ4v) is 3.52. The number of rotatable bonds is 2. The molecule has 0 saturated heterocycles. The van der Waals surface area contributed by atoms with Gasteiger partial charge in [0.05, 0.1) is 6.10 Å². The van der Waals surface area contributed by atoms with Crippen LogP contribution in [-0.2, 0) is 9.53 Å². The Bertz CT molecular complexity index is 237. The first-order valence-electron chi connectivity index (χ1n) is 6.38. The standard InChI is InChI=1S/C13H22O2/c1-3-15-12-8-7-11(14)13-9(2)5-4-6-10(12)13/h9-10,12-13H,3-8H2,1-2H3/t9-,10?,12?,13?/m0/s1. The average Bonchev–Trinajstić information content (AvgIpc) is 2.22. The molecule has 0 spiro atoms. The van der Waals surface area contributed by atoms with E-state index in [0.717, 1.165) is 19.4 Å². The van der Waals surface area contributed by atoms with Gasteiger partial charge < -0.3 is 4.74 Å². The molecule has 0 bridgehead atoms. The molecule has 2 rings (SSSR count). The average molecular weight is 210 g/mol. The van der Waals surface area contributed by atoms with E-state index in [9.17, 15) is 4.79 Å². The molecule has 0 aliphatic heterocycles. The Balaban J connectivity index is 2.11. The minimum absolute atomic E-state index is 0.309. The molecule has 0 N–H and O–H groups in total. The molecular weight excluding hydrogens is 188 g/mol. The molecule has 0 radical (unpaired) electrons. The number of hydrogen-bond donors (Lipinski definition) is 0. The molecule has 0 aromatic carbocycles. The SMILES string of the molecule is CCOC1CCC(=O)C2C1CCC[C@@H]2C. The smallest absolute Gasteiger partial charge is 0.136 e. The third kappa shape index (κ3) is 2.10. The first-order valence-corrected chi connectivity index (χ1v) is 6.38. The molecule has 2 aliphatic rings. The van der Waals surface area contributed by atoms with Gasteiger partial charge in [-0.2, -0.15) is 0 Å². The first kappa shape index (κ1) is 11.1. The summed E-state index contributed by atoms with van der Waals surface area (Å²) in [7, 11) is 0. The van der Waals surface area contributed by atoms with Crippen LogP contribution in [0.15, 0.2) is 0 Å². The van der Waals surface area contributed by atoms with Crippen LogP contribution in [0.5, 0.6) is 0 Å². The third-order valence-corrected chi connectivity index (χ3v) is 4.18. The van der Waals surface area contributed by atoms with E-state index in [4.69, 9.17) is 4.74 Å². The number of ether oxygens (including phenoxy) is 1. The first-order chi connectivity index (χ1) is 7.24. The molecule has 0 aromatic rings. The van der Waals surface area contributed by atoms with E-state index in [1.807, 2.05) is 0 Å². The fourth-order valence-electron chi connectivity index (χ4n) is 3.52. The van der Waals surface area contributed by atoms with Crippen LogP contribution in [0.25, 0.3) is 0 Å². The summed E-state index contributed by atoms with van der Waals surface area (Å²) < 4.78 is 5.80. The molecule has 0 heterocycles. The van der Waals surface area contributed by atoms with Gasteiger partial charge in [0.1, 0.15) is 5.78 Å². The number of Topliss-reactive ketones (excluding diaryl/α,β-unsaturated/α-hetero) is 1. The van der Waals surface area contributed by atoms with Crippen molar-refractivity contribution in [1.82, 2.24) is 0 Å². The molecule has 2 saturated carbocycles. The van der Waals surface area contributed by atoms with Crippen molar-refractivity contribution in [2.24, 2.45) is 17.8 Å². The van der Waals surface area contributed by atoms with E-state index >= 15 is 0 Å². The van der Waals surface area contributed by atoms with Crippen LogP contribution in [0.2, 0.25) is 0 Å². The lowest BCUT2D eigenvalue weighted by Gasteiger charge is -2.43. The maximum Gasteiger partial charge on any atom is 0.136 e. The minimum atomic E-state index is 0.309. The predicted molar refractivity (Wildman–Crippen MR) is 59.7 cm³/mol. The van der Waals surface area contributed by atoms with Crippen LogP contribution in [0.1, 0.15) is 46.0 Å². The lowest BCUT2D eigenvalue weighted by molar-refractivity contribution is -0.139. The summed E-state index contributed by atoms with van der Waals surface area (Å²) in [6, 6.07) is 0. The van der Waals surface area contributed by atoms with Crippen molar-refractivity contribution < 1.29 is 9.53 Å². The van der Waals surface area contributed by atoms with E-state index in [-0.39, 0.29) is 0 Å². The highest BCUT2D eigenvalue weighted by Gasteiger charge is 2.43. The second-order valence-electron chi connectivity index (χ2n) is 5.10. The lowest BCUT2D eigenvalue weighted by Crippen LogP contribution is -2.44. The monoisotopic (exact) mass is 210 g/mol. The summed E-state index contributed by atoms with van der Waals surface area (Å²) in [5, 5.41) is 0. The summed E-state index contributed by atoms with van der Waals surface area (Å²) >= 11 is 0. The quantitative estimate of drug-likeness (QED) is 0.700. The van der Waals surface area contributed by atoms with Crippen LogP contribution < -0.4 is 0 Å². The summed E-state index contributed by atoms with van der Waals surface area (Å²) in [6.07, 6.45) is 5.77. The zero-order valence-electron chi connectivity index (χ0n) is 9.87. The largest absolute Gasteiger partial charge is 0.378 e. The second kappa shape index (κ2) is 4.65. The number of fused-ring (bicyclic) bond motifs is 1. The predicted octanol–water partition coefficient (Wildman–Crippen LogP) is 2.81. The van der Waals surface area contributed by atoms with Crippen molar-refractivity contribution in [1.29, 1.82) is 0 Å². The fraction of sp³-hybridized carbons (Fsp3) is 0.923. The molecule has 2 nitrogen and oxygen atoms in total. The maximum atomic E-state index is 11.9.